The highest BCUT2D eigenvalue weighted by molar-refractivity contribution is 6.05. The summed E-state index contributed by atoms with van der Waals surface area (Å²) in [5.41, 5.74) is 0.199. The molecule has 1 aromatic carbocycles. The van der Waals surface area contributed by atoms with E-state index in [1.807, 2.05) is 0 Å². The quantitative estimate of drug-likeness (QED) is 0.693. The van der Waals surface area contributed by atoms with Crippen molar-refractivity contribution in [3.05, 3.63) is 35.5 Å². The molecule has 0 saturated heterocycles. The number of H-pyrrole nitrogens is 1. The molecule has 1 heterocycles. The number of nitrogens with one attached hydrogen (secondary N) is 1. The van der Waals surface area contributed by atoms with Crippen molar-refractivity contribution in [3.63, 3.8) is 0 Å². The van der Waals surface area contributed by atoms with E-state index in [0.717, 1.165) is 0 Å². The van der Waals surface area contributed by atoms with Gasteiger partial charge in [0, 0.05) is 17.1 Å². The Bertz CT molecular complexity index is 508. The lowest BCUT2D eigenvalue weighted by Crippen LogP contribution is -2.07. The summed E-state index contributed by atoms with van der Waals surface area (Å²) >= 11 is 0. The van der Waals surface area contributed by atoms with Crippen LogP contribution in [0.1, 0.15) is 20.7 Å². The molecule has 0 unspecified atom stereocenters. The Hall–Kier alpha value is -2.30. The summed E-state index contributed by atoms with van der Waals surface area (Å²) in [6.45, 7) is 0. The van der Waals surface area contributed by atoms with Gasteiger partial charge in [0.1, 0.15) is 0 Å². The van der Waals surface area contributed by atoms with Crippen molar-refractivity contribution in [2.24, 2.45) is 0 Å². The first-order valence-corrected chi connectivity index (χ1v) is 4.17. The summed E-state index contributed by atoms with van der Waals surface area (Å²) in [7, 11) is 0. The molecule has 0 aliphatic carbocycles. The summed E-state index contributed by atoms with van der Waals surface area (Å²) < 4.78 is 0. The number of fused-ring (bicyclic) bond motifs is 1. The fourth-order valence-corrected chi connectivity index (χ4v) is 1.45. The second-order valence-electron chi connectivity index (χ2n) is 3.07. The number of rotatable bonds is 2. The zero-order valence-electron chi connectivity index (χ0n) is 7.52. The van der Waals surface area contributed by atoms with Crippen LogP contribution >= 0.6 is 0 Å². The number of carboxylic acid groups (broad SMARTS) is 2. The van der Waals surface area contributed by atoms with Crippen LogP contribution in [0.15, 0.2) is 24.4 Å². The minimum Gasteiger partial charge on any atom is -0.478 e. The number of benzene rings is 1. The maximum Gasteiger partial charge on any atom is 0.336 e. The first kappa shape index (κ1) is 9.26. The van der Waals surface area contributed by atoms with Gasteiger partial charge in [-0.05, 0) is 18.2 Å². The first-order valence-electron chi connectivity index (χ1n) is 4.17. The molecule has 0 bridgehead atoms. The first-order chi connectivity index (χ1) is 7.09. The molecular formula is C10H7NO4. The molecular weight excluding hydrogens is 198 g/mol. The number of carbonyl (C=O) groups is 2. The van der Waals surface area contributed by atoms with E-state index in [1.54, 1.807) is 12.3 Å². The minimum absolute atomic E-state index is 0.199. The number of aromatic nitrogens is 1. The molecule has 1 aromatic heterocycles. The van der Waals surface area contributed by atoms with Crippen LogP contribution in [0.4, 0.5) is 0 Å². The van der Waals surface area contributed by atoms with Gasteiger partial charge in [-0.25, -0.2) is 9.59 Å². The lowest BCUT2D eigenvalue weighted by molar-refractivity contribution is 0.0652. The molecule has 15 heavy (non-hydrogen) atoms. The van der Waals surface area contributed by atoms with Crippen molar-refractivity contribution in [2.75, 3.05) is 0 Å². The minimum atomic E-state index is -1.25. The van der Waals surface area contributed by atoms with E-state index in [2.05, 4.69) is 4.98 Å². The van der Waals surface area contributed by atoms with E-state index in [1.165, 1.54) is 12.1 Å². The van der Waals surface area contributed by atoms with Gasteiger partial charge in [-0.3, -0.25) is 0 Å². The largest absolute Gasteiger partial charge is 0.478 e. The number of aromatic carboxylic acids is 2. The average molecular weight is 205 g/mol. The van der Waals surface area contributed by atoms with Crippen molar-refractivity contribution in [1.29, 1.82) is 0 Å². The van der Waals surface area contributed by atoms with E-state index in [9.17, 15) is 9.59 Å². The Labute approximate surface area is 84.0 Å². The molecule has 5 heteroatoms. The highest BCUT2D eigenvalue weighted by atomic mass is 16.4. The number of hydrogen-bond acceptors (Lipinski definition) is 2. The van der Waals surface area contributed by atoms with Gasteiger partial charge in [0.15, 0.2) is 0 Å². The molecule has 0 amide bonds. The van der Waals surface area contributed by atoms with Gasteiger partial charge in [-0.15, -0.1) is 0 Å². The fourth-order valence-electron chi connectivity index (χ4n) is 1.45. The normalized spacial score (nSPS) is 10.4. The number of carboxylic acids is 2. The maximum atomic E-state index is 10.8. The molecule has 76 valence electrons. The van der Waals surface area contributed by atoms with Gasteiger partial charge in [0.25, 0.3) is 0 Å². The SMILES string of the molecule is O=C(O)c1cc2cc[nH]c2cc1C(=O)O. The van der Waals surface area contributed by atoms with Gasteiger partial charge in [0.2, 0.25) is 0 Å². The smallest absolute Gasteiger partial charge is 0.336 e. The highest BCUT2D eigenvalue weighted by Gasteiger charge is 2.16. The molecule has 3 N–H and O–H groups in total. The Morgan fingerprint density at radius 3 is 2.27 bits per heavy atom. The predicted octanol–water partition coefficient (Wildman–Crippen LogP) is 1.56. The van der Waals surface area contributed by atoms with E-state index in [4.69, 9.17) is 10.2 Å². The molecule has 0 fully saturated rings. The van der Waals surface area contributed by atoms with Gasteiger partial charge in [-0.2, -0.15) is 0 Å². The number of hydrogen-bond donors (Lipinski definition) is 3. The summed E-state index contributed by atoms with van der Waals surface area (Å²) in [5, 5.41) is 18.4. The second kappa shape index (κ2) is 3.13. The molecule has 0 atom stereocenters. The van der Waals surface area contributed by atoms with Crippen molar-refractivity contribution in [3.8, 4) is 0 Å². The zero-order chi connectivity index (χ0) is 11.0. The highest BCUT2D eigenvalue weighted by Crippen LogP contribution is 2.19. The van der Waals surface area contributed by atoms with Crippen LogP contribution in [-0.4, -0.2) is 27.1 Å². The molecule has 0 saturated carbocycles. The van der Waals surface area contributed by atoms with Crippen LogP contribution in [-0.2, 0) is 0 Å². The predicted molar refractivity (Wildman–Crippen MR) is 52.2 cm³/mol. The van der Waals surface area contributed by atoms with Crippen LogP contribution in [0.2, 0.25) is 0 Å². The van der Waals surface area contributed by atoms with Crippen molar-refractivity contribution in [1.82, 2.24) is 4.98 Å². The molecule has 0 spiro atoms. The molecule has 5 nitrogen and oxygen atoms in total. The second-order valence-corrected chi connectivity index (χ2v) is 3.07. The Balaban J connectivity index is 2.79. The monoisotopic (exact) mass is 205 g/mol. The number of aromatic amines is 1. The van der Waals surface area contributed by atoms with E-state index >= 15 is 0 Å². The Morgan fingerprint density at radius 2 is 1.67 bits per heavy atom. The van der Waals surface area contributed by atoms with Crippen LogP contribution in [0.25, 0.3) is 10.9 Å². The van der Waals surface area contributed by atoms with Gasteiger partial charge in [-0.1, -0.05) is 0 Å². The third-order valence-corrected chi connectivity index (χ3v) is 2.15. The molecule has 0 aliphatic heterocycles. The fraction of sp³-hybridized carbons (Fsp3) is 0. The average Bonchev–Trinajstić information content (AvgIpc) is 2.61. The van der Waals surface area contributed by atoms with Gasteiger partial charge in [0.05, 0.1) is 11.1 Å². The lowest BCUT2D eigenvalue weighted by atomic mass is 10.1. The summed E-state index contributed by atoms with van der Waals surface area (Å²) in [6, 6.07) is 4.35. The van der Waals surface area contributed by atoms with E-state index in [0.29, 0.717) is 10.9 Å². The van der Waals surface area contributed by atoms with Crippen molar-refractivity contribution in [2.45, 2.75) is 0 Å². The van der Waals surface area contributed by atoms with Crippen LogP contribution in [0.3, 0.4) is 0 Å². The molecule has 0 radical (unpaired) electrons. The third kappa shape index (κ3) is 1.43. The Morgan fingerprint density at radius 1 is 1.07 bits per heavy atom. The lowest BCUT2D eigenvalue weighted by Gasteiger charge is -2.01. The Kier molecular flexibility index (Phi) is 1.93. The topological polar surface area (TPSA) is 90.4 Å². The molecule has 0 aliphatic rings. The molecule has 2 aromatic rings. The van der Waals surface area contributed by atoms with Crippen molar-refractivity contribution >= 4 is 22.8 Å². The summed E-state index contributed by atoms with van der Waals surface area (Å²) in [4.78, 5) is 24.5. The van der Waals surface area contributed by atoms with Crippen molar-refractivity contribution < 1.29 is 19.8 Å². The van der Waals surface area contributed by atoms with Crippen LogP contribution in [0, 0.1) is 0 Å². The van der Waals surface area contributed by atoms with Gasteiger partial charge < -0.3 is 15.2 Å². The standard InChI is InChI=1S/C10H7NO4/c12-9(13)6-3-5-1-2-11-8(5)4-7(6)10(14)15/h1-4,11H,(H,12,13)(H,14,15). The summed E-state index contributed by atoms with van der Waals surface area (Å²) in [6.07, 6.45) is 1.63. The maximum absolute atomic E-state index is 10.8. The van der Waals surface area contributed by atoms with E-state index < -0.39 is 11.9 Å². The third-order valence-electron chi connectivity index (χ3n) is 2.15. The van der Waals surface area contributed by atoms with Gasteiger partial charge >= 0.3 is 11.9 Å². The zero-order valence-corrected chi connectivity index (χ0v) is 7.52. The van der Waals surface area contributed by atoms with E-state index in [-0.39, 0.29) is 11.1 Å². The van der Waals surface area contributed by atoms with Crippen LogP contribution < -0.4 is 0 Å². The summed E-state index contributed by atoms with van der Waals surface area (Å²) in [5.74, 6) is -2.49. The molecule has 2 rings (SSSR count). The van der Waals surface area contributed by atoms with Crippen LogP contribution in [0.5, 0.6) is 0 Å².